The van der Waals surface area contributed by atoms with E-state index in [0.717, 1.165) is 17.5 Å². The fourth-order valence-electron chi connectivity index (χ4n) is 3.13. The molecule has 0 atom stereocenters. The van der Waals surface area contributed by atoms with E-state index in [1.165, 1.54) is 56.9 Å². The molecule has 142 valence electrons. The van der Waals surface area contributed by atoms with Crippen LogP contribution >= 0.6 is 8.60 Å². The molecule has 0 saturated carbocycles. The monoisotopic (exact) mass is 374 g/mol. The quantitative estimate of drug-likeness (QED) is 0.324. The van der Waals surface area contributed by atoms with Crippen molar-refractivity contribution in [2.24, 2.45) is 0 Å². The number of benzene rings is 2. The Bertz CT molecular complexity index is 608. The van der Waals surface area contributed by atoms with Crippen LogP contribution in [0.5, 0.6) is 5.75 Å². The molecule has 0 heterocycles. The summed E-state index contributed by atoms with van der Waals surface area (Å²) in [5, 5.41) is 0. The molecule has 0 spiro atoms. The molecule has 2 rings (SSSR count). The third kappa shape index (κ3) is 7.86. The van der Waals surface area contributed by atoms with Crippen LogP contribution in [-0.4, -0.2) is 9.79 Å². The van der Waals surface area contributed by atoms with Crippen LogP contribution in [0.25, 0.3) is 11.1 Å². The highest BCUT2D eigenvalue weighted by molar-refractivity contribution is 7.39. The van der Waals surface area contributed by atoms with Gasteiger partial charge in [0.25, 0.3) is 0 Å². The van der Waals surface area contributed by atoms with Crippen molar-refractivity contribution in [3.8, 4) is 16.9 Å². The zero-order chi connectivity index (χ0) is 18.6. The van der Waals surface area contributed by atoms with Crippen molar-refractivity contribution in [2.45, 2.75) is 64.7 Å². The Morgan fingerprint density at radius 1 is 0.692 bits per heavy atom. The average molecular weight is 374 g/mol. The second kappa shape index (κ2) is 12.1. The third-order valence-electron chi connectivity index (χ3n) is 4.65. The van der Waals surface area contributed by atoms with Gasteiger partial charge in [0.15, 0.2) is 0 Å². The maximum absolute atomic E-state index is 8.87. The van der Waals surface area contributed by atoms with Crippen LogP contribution in [0.3, 0.4) is 0 Å². The molecule has 2 aromatic rings. The van der Waals surface area contributed by atoms with Gasteiger partial charge in [-0.15, -0.1) is 0 Å². The minimum atomic E-state index is -2.36. The van der Waals surface area contributed by atoms with Crippen molar-refractivity contribution < 1.29 is 14.3 Å². The largest absolute Gasteiger partial charge is 0.427 e. The molecule has 0 fully saturated rings. The highest BCUT2D eigenvalue weighted by Gasteiger charge is 2.04. The van der Waals surface area contributed by atoms with Crippen LogP contribution < -0.4 is 4.52 Å². The van der Waals surface area contributed by atoms with E-state index in [1.807, 2.05) is 12.1 Å². The van der Waals surface area contributed by atoms with Crippen molar-refractivity contribution in [1.29, 1.82) is 0 Å². The lowest BCUT2D eigenvalue weighted by Crippen LogP contribution is -1.88. The van der Waals surface area contributed by atoms with E-state index in [0.29, 0.717) is 5.75 Å². The Balaban J connectivity index is 1.72. The number of rotatable bonds is 12. The lowest BCUT2D eigenvalue weighted by atomic mass is 10.0. The standard InChI is InChI=1S/C22H31O3P/c1-2-3-4-5-6-7-8-9-10-19-11-13-20(14-12-19)21-15-17-22(18-16-21)25-26(23)24/h11-18,23-24H,2-10H2,1H3. The molecule has 2 aromatic carbocycles. The summed E-state index contributed by atoms with van der Waals surface area (Å²) < 4.78 is 4.89. The van der Waals surface area contributed by atoms with E-state index in [1.54, 1.807) is 12.1 Å². The van der Waals surface area contributed by atoms with Gasteiger partial charge in [0, 0.05) is 0 Å². The highest BCUT2D eigenvalue weighted by Crippen LogP contribution is 2.30. The van der Waals surface area contributed by atoms with Crippen LogP contribution in [0.2, 0.25) is 0 Å². The first-order chi connectivity index (χ1) is 12.7. The Labute approximate surface area is 159 Å². The van der Waals surface area contributed by atoms with Gasteiger partial charge in [-0.2, -0.15) is 0 Å². The molecule has 0 amide bonds. The number of hydrogen-bond acceptors (Lipinski definition) is 3. The predicted molar refractivity (Wildman–Crippen MR) is 110 cm³/mol. The zero-order valence-electron chi connectivity index (χ0n) is 15.7. The lowest BCUT2D eigenvalue weighted by molar-refractivity contribution is 0.375. The fourth-order valence-corrected chi connectivity index (χ4v) is 3.44. The minimum Gasteiger partial charge on any atom is -0.427 e. The molecule has 0 bridgehead atoms. The summed E-state index contributed by atoms with van der Waals surface area (Å²) in [5.74, 6) is 0.469. The second-order valence-electron chi connectivity index (χ2n) is 6.79. The molecule has 0 unspecified atom stereocenters. The summed E-state index contributed by atoms with van der Waals surface area (Å²) in [6.45, 7) is 2.26. The maximum atomic E-state index is 8.87. The fraction of sp³-hybridized carbons (Fsp3) is 0.455. The van der Waals surface area contributed by atoms with Crippen molar-refractivity contribution in [2.75, 3.05) is 0 Å². The number of unbranched alkanes of at least 4 members (excludes halogenated alkanes) is 7. The van der Waals surface area contributed by atoms with Gasteiger partial charge in [0.2, 0.25) is 0 Å². The molecule has 2 N–H and O–H groups in total. The number of aryl methyl sites for hydroxylation is 1. The number of hydrogen-bond donors (Lipinski definition) is 2. The molecule has 3 nitrogen and oxygen atoms in total. The van der Waals surface area contributed by atoms with E-state index in [2.05, 4.69) is 31.2 Å². The van der Waals surface area contributed by atoms with E-state index in [9.17, 15) is 0 Å². The van der Waals surface area contributed by atoms with Gasteiger partial charge in [-0.05, 0) is 41.7 Å². The molecular formula is C22H31O3P. The molecule has 0 radical (unpaired) electrons. The van der Waals surface area contributed by atoms with Crippen LogP contribution in [0, 0.1) is 0 Å². The predicted octanol–water partition coefficient (Wildman–Crippen LogP) is 6.63. The van der Waals surface area contributed by atoms with Crippen LogP contribution in [0.15, 0.2) is 48.5 Å². The molecular weight excluding hydrogens is 343 g/mol. The Kier molecular flexibility index (Phi) is 9.70. The molecule has 0 aliphatic rings. The summed E-state index contributed by atoms with van der Waals surface area (Å²) >= 11 is 0. The van der Waals surface area contributed by atoms with E-state index < -0.39 is 8.60 Å². The van der Waals surface area contributed by atoms with Gasteiger partial charge in [-0.3, -0.25) is 0 Å². The van der Waals surface area contributed by atoms with Gasteiger partial charge >= 0.3 is 8.60 Å². The third-order valence-corrected chi connectivity index (χ3v) is 5.02. The molecule has 26 heavy (non-hydrogen) atoms. The summed E-state index contributed by atoms with van der Waals surface area (Å²) in [6.07, 6.45) is 12.0. The van der Waals surface area contributed by atoms with Crippen LogP contribution in [0.1, 0.15) is 63.9 Å². The van der Waals surface area contributed by atoms with Gasteiger partial charge in [-0.1, -0.05) is 88.3 Å². The maximum Gasteiger partial charge on any atom is 0.391 e. The van der Waals surface area contributed by atoms with Crippen molar-refractivity contribution in [3.63, 3.8) is 0 Å². The minimum absolute atomic E-state index is 0.469. The Morgan fingerprint density at radius 2 is 1.19 bits per heavy atom. The molecule has 0 saturated heterocycles. The first-order valence-corrected chi connectivity index (χ1v) is 10.9. The van der Waals surface area contributed by atoms with Gasteiger partial charge in [-0.25, -0.2) is 0 Å². The van der Waals surface area contributed by atoms with Crippen molar-refractivity contribution in [3.05, 3.63) is 54.1 Å². The zero-order valence-corrected chi connectivity index (χ0v) is 16.6. The van der Waals surface area contributed by atoms with Crippen molar-refractivity contribution in [1.82, 2.24) is 0 Å². The first kappa shape index (κ1) is 20.9. The van der Waals surface area contributed by atoms with E-state index in [-0.39, 0.29) is 0 Å². The van der Waals surface area contributed by atoms with Crippen LogP contribution in [-0.2, 0) is 6.42 Å². The molecule has 4 heteroatoms. The molecule has 0 aliphatic heterocycles. The van der Waals surface area contributed by atoms with Gasteiger partial charge < -0.3 is 14.3 Å². The highest BCUT2D eigenvalue weighted by atomic mass is 31.2. The van der Waals surface area contributed by atoms with Crippen LogP contribution in [0.4, 0.5) is 0 Å². The summed E-state index contributed by atoms with van der Waals surface area (Å²) in [4.78, 5) is 17.7. The first-order valence-electron chi connectivity index (χ1n) is 9.74. The lowest BCUT2D eigenvalue weighted by Gasteiger charge is -2.08. The topological polar surface area (TPSA) is 49.7 Å². The van der Waals surface area contributed by atoms with Crippen molar-refractivity contribution >= 4 is 8.60 Å². The van der Waals surface area contributed by atoms with E-state index >= 15 is 0 Å². The van der Waals surface area contributed by atoms with Gasteiger partial charge in [0.05, 0.1) is 0 Å². The summed E-state index contributed by atoms with van der Waals surface area (Å²) in [6, 6.07) is 16.1. The van der Waals surface area contributed by atoms with E-state index in [4.69, 9.17) is 14.3 Å². The van der Waals surface area contributed by atoms with Gasteiger partial charge in [0.1, 0.15) is 5.75 Å². The normalized spacial score (nSPS) is 11.1. The smallest absolute Gasteiger partial charge is 0.391 e. The average Bonchev–Trinajstić information content (AvgIpc) is 2.65. The second-order valence-corrected chi connectivity index (χ2v) is 7.48. The Hall–Kier alpha value is -1.41. The molecule has 0 aromatic heterocycles. The molecule has 0 aliphatic carbocycles. The summed E-state index contributed by atoms with van der Waals surface area (Å²) in [7, 11) is -2.36. The Morgan fingerprint density at radius 3 is 1.73 bits per heavy atom. The SMILES string of the molecule is CCCCCCCCCCc1ccc(-c2ccc(OP(O)O)cc2)cc1. The summed E-state index contributed by atoms with van der Waals surface area (Å²) in [5.41, 5.74) is 3.65.